The van der Waals surface area contributed by atoms with Gasteiger partial charge in [0.15, 0.2) is 0 Å². The van der Waals surface area contributed by atoms with Gasteiger partial charge in [-0.2, -0.15) is 0 Å². The van der Waals surface area contributed by atoms with Gasteiger partial charge in [-0.15, -0.1) is 0 Å². The fourth-order valence-electron chi connectivity index (χ4n) is 2.53. The van der Waals surface area contributed by atoms with E-state index >= 15 is 0 Å². The molecule has 1 aromatic rings. The molecule has 1 nitrogen and oxygen atoms in total. The van der Waals surface area contributed by atoms with Crippen molar-refractivity contribution in [3.63, 3.8) is 0 Å². The van der Waals surface area contributed by atoms with E-state index in [0.29, 0.717) is 0 Å². The number of hydrogen-bond donors (Lipinski definition) is 0. The van der Waals surface area contributed by atoms with E-state index in [1.807, 2.05) is 0 Å². The molecule has 0 fully saturated rings. The average Bonchev–Trinajstić information content (AvgIpc) is 2.41. The molecule has 0 bridgehead atoms. The Morgan fingerprint density at radius 2 is 1.37 bits per heavy atom. The van der Waals surface area contributed by atoms with Crippen molar-refractivity contribution in [2.24, 2.45) is 0 Å². The second-order valence-corrected chi connectivity index (χ2v) is 5.70. The minimum Gasteiger partial charge on any atom is -0.258 e. The van der Waals surface area contributed by atoms with Crippen LogP contribution >= 0.6 is 0 Å². The molecule has 0 radical (unpaired) electrons. The van der Waals surface area contributed by atoms with Crippen LogP contribution in [0.3, 0.4) is 0 Å². The number of pyridine rings is 1. The van der Waals surface area contributed by atoms with Gasteiger partial charge in [0, 0.05) is 11.4 Å². The van der Waals surface area contributed by atoms with Crippen molar-refractivity contribution in [2.45, 2.75) is 84.5 Å². The second kappa shape index (κ2) is 11.0. The highest BCUT2D eigenvalue weighted by Gasteiger charge is 1.96. The molecule has 0 unspecified atom stereocenters. The first kappa shape index (κ1) is 16.2. The van der Waals surface area contributed by atoms with E-state index in [1.165, 1.54) is 69.9 Å². The Labute approximate surface area is 119 Å². The summed E-state index contributed by atoms with van der Waals surface area (Å²) >= 11 is 0. The van der Waals surface area contributed by atoms with E-state index in [9.17, 15) is 0 Å². The Morgan fingerprint density at radius 1 is 0.789 bits per heavy atom. The van der Waals surface area contributed by atoms with Gasteiger partial charge in [-0.05, 0) is 31.9 Å². The second-order valence-electron chi connectivity index (χ2n) is 5.70. The van der Waals surface area contributed by atoms with E-state index < -0.39 is 0 Å². The lowest BCUT2D eigenvalue weighted by atomic mass is 10.1. The van der Waals surface area contributed by atoms with Crippen LogP contribution in [0, 0.1) is 6.92 Å². The van der Waals surface area contributed by atoms with Crippen molar-refractivity contribution >= 4 is 0 Å². The normalized spacial score (nSPS) is 10.8. The molecule has 19 heavy (non-hydrogen) atoms. The molecule has 0 saturated carbocycles. The molecule has 108 valence electrons. The first-order valence-corrected chi connectivity index (χ1v) is 8.25. The van der Waals surface area contributed by atoms with Crippen LogP contribution in [-0.2, 0) is 6.42 Å². The van der Waals surface area contributed by atoms with Crippen LogP contribution in [0.4, 0.5) is 0 Å². The Kier molecular flexibility index (Phi) is 9.40. The van der Waals surface area contributed by atoms with Gasteiger partial charge in [0.25, 0.3) is 0 Å². The van der Waals surface area contributed by atoms with E-state index in [2.05, 4.69) is 37.0 Å². The van der Waals surface area contributed by atoms with Crippen molar-refractivity contribution in [3.05, 3.63) is 29.6 Å². The van der Waals surface area contributed by atoms with Crippen LogP contribution in [0.1, 0.15) is 82.5 Å². The fourth-order valence-corrected chi connectivity index (χ4v) is 2.53. The third-order valence-corrected chi connectivity index (χ3v) is 3.73. The van der Waals surface area contributed by atoms with Crippen molar-refractivity contribution in [3.8, 4) is 0 Å². The predicted octanol–water partition coefficient (Wildman–Crippen LogP) is 5.85. The minimum absolute atomic E-state index is 1.14. The number of rotatable bonds is 11. The van der Waals surface area contributed by atoms with Crippen LogP contribution < -0.4 is 0 Å². The topological polar surface area (TPSA) is 12.9 Å². The molecule has 1 heteroatoms. The molecule has 0 saturated heterocycles. The molecule has 0 aliphatic rings. The molecule has 1 aromatic heterocycles. The van der Waals surface area contributed by atoms with E-state index in [4.69, 9.17) is 0 Å². The van der Waals surface area contributed by atoms with Crippen LogP contribution in [0.5, 0.6) is 0 Å². The van der Waals surface area contributed by atoms with E-state index in [0.717, 1.165) is 12.1 Å². The third kappa shape index (κ3) is 8.80. The summed E-state index contributed by atoms with van der Waals surface area (Å²) in [5.74, 6) is 0. The fraction of sp³-hybridized carbons (Fsp3) is 0.722. The molecular formula is C18H31N. The van der Waals surface area contributed by atoms with Gasteiger partial charge in [0.1, 0.15) is 0 Å². The van der Waals surface area contributed by atoms with Crippen LogP contribution in [0.2, 0.25) is 0 Å². The molecule has 0 aliphatic heterocycles. The summed E-state index contributed by atoms with van der Waals surface area (Å²) in [4.78, 5) is 4.55. The zero-order valence-electron chi connectivity index (χ0n) is 13.0. The molecular weight excluding hydrogens is 230 g/mol. The largest absolute Gasteiger partial charge is 0.258 e. The zero-order valence-corrected chi connectivity index (χ0v) is 13.0. The Hall–Kier alpha value is -0.850. The van der Waals surface area contributed by atoms with Gasteiger partial charge in [0.2, 0.25) is 0 Å². The zero-order chi connectivity index (χ0) is 13.8. The summed E-state index contributed by atoms with van der Waals surface area (Å²) in [6.45, 7) is 4.35. The maximum absolute atomic E-state index is 4.55. The molecule has 0 N–H and O–H groups in total. The lowest BCUT2D eigenvalue weighted by Crippen LogP contribution is -1.92. The lowest BCUT2D eigenvalue weighted by Gasteiger charge is -2.03. The Balaban J connectivity index is 1.89. The number of hydrogen-bond acceptors (Lipinski definition) is 1. The lowest BCUT2D eigenvalue weighted by molar-refractivity contribution is 0.555. The summed E-state index contributed by atoms with van der Waals surface area (Å²) in [6, 6.07) is 6.34. The van der Waals surface area contributed by atoms with E-state index in [1.54, 1.807) is 0 Å². The molecule has 0 aromatic carbocycles. The van der Waals surface area contributed by atoms with Gasteiger partial charge in [-0.3, -0.25) is 4.98 Å². The molecule has 1 rings (SSSR count). The number of unbranched alkanes of at least 4 members (excludes halogenated alkanes) is 9. The summed E-state index contributed by atoms with van der Waals surface area (Å²) in [5, 5.41) is 0. The van der Waals surface area contributed by atoms with Crippen molar-refractivity contribution in [2.75, 3.05) is 0 Å². The summed E-state index contributed by atoms with van der Waals surface area (Å²) < 4.78 is 0. The average molecular weight is 261 g/mol. The molecule has 1 heterocycles. The highest BCUT2D eigenvalue weighted by atomic mass is 14.7. The Morgan fingerprint density at radius 3 is 1.95 bits per heavy atom. The molecule has 0 spiro atoms. The van der Waals surface area contributed by atoms with Crippen molar-refractivity contribution in [1.29, 1.82) is 0 Å². The summed E-state index contributed by atoms with van der Waals surface area (Å²) in [7, 11) is 0. The Bertz CT molecular complexity index is 319. The molecule has 0 atom stereocenters. The van der Waals surface area contributed by atoms with Gasteiger partial charge in [-0.25, -0.2) is 0 Å². The van der Waals surface area contributed by atoms with Gasteiger partial charge < -0.3 is 0 Å². The standard InChI is InChI=1S/C18H31N/c1-3-4-5-6-7-8-9-10-11-12-15-18-16-13-14-17(2)19-18/h13-14,16H,3-12,15H2,1-2H3. The van der Waals surface area contributed by atoms with E-state index in [-0.39, 0.29) is 0 Å². The number of aromatic nitrogens is 1. The smallest absolute Gasteiger partial charge is 0.0406 e. The minimum atomic E-state index is 1.14. The predicted molar refractivity (Wildman–Crippen MR) is 84.5 cm³/mol. The first-order chi connectivity index (χ1) is 9.33. The quantitative estimate of drug-likeness (QED) is 0.455. The molecule has 0 amide bonds. The van der Waals surface area contributed by atoms with Crippen LogP contribution in [0.15, 0.2) is 18.2 Å². The third-order valence-electron chi connectivity index (χ3n) is 3.73. The monoisotopic (exact) mass is 261 g/mol. The van der Waals surface area contributed by atoms with Gasteiger partial charge in [-0.1, -0.05) is 70.8 Å². The van der Waals surface area contributed by atoms with Crippen molar-refractivity contribution in [1.82, 2.24) is 4.98 Å². The van der Waals surface area contributed by atoms with Crippen LogP contribution in [-0.4, -0.2) is 4.98 Å². The maximum atomic E-state index is 4.55. The van der Waals surface area contributed by atoms with Crippen LogP contribution in [0.25, 0.3) is 0 Å². The first-order valence-electron chi connectivity index (χ1n) is 8.25. The SMILES string of the molecule is CCCCCCCCCCCCc1cccc(C)n1. The molecule has 0 aliphatic carbocycles. The summed E-state index contributed by atoms with van der Waals surface area (Å²) in [6.07, 6.45) is 15.2. The highest BCUT2D eigenvalue weighted by Crippen LogP contribution is 2.11. The highest BCUT2D eigenvalue weighted by molar-refractivity contribution is 5.09. The number of aryl methyl sites for hydroxylation is 2. The summed E-state index contributed by atoms with van der Waals surface area (Å²) in [5.41, 5.74) is 2.41. The van der Waals surface area contributed by atoms with Gasteiger partial charge in [0.05, 0.1) is 0 Å². The van der Waals surface area contributed by atoms with Crippen molar-refractivity contribution < 1.29 is 0 Å². The maximum Gasteiger partial charge on any atom is 0.0406 e. The van der Waals surface area contributed by atoms with Gasteiger partial charge >= 0.3 is 0 Å². The number of nitrogens with zero attached hydrogens (tertiary/aromatic N) is 1.